The third-order valence-electron chi connectivity index (χ3n) is 5.03. The largest absolute Gasteiger partial charge is 0.367 e. The van der Waals surface area contributed by atoms with E-state index in [4.69, 9.17) is 4.98 Å². The number of nitriles is 1. The van der Waals surface area contributed by atoms with E-state index in [2.05, 4.69) is 33.7 Å². The van der Waals surface area contributed by atoms with E-state index in [1.165, 1.54) is 11.3 Å². The summed E-state index contributed by atoms with van der Waals surface area (Å²) in [6.45, 7) is 4.07. The first-order valence-electron chi connectivity index (χ1n) is 10.1. The minimum atomic E-state index is 0.162. The number of rotatable bonds is 4. The summed E-state index contributed by atoms with van der Waals surface area (Å²) in [4.78, 5) is 5.72. The molecular formula is C25H19N5S. The van der Waals surface area contributed by atoms with Crippen LogP contribution in [0.3, 0.4) is 0 Å². The molecule has 5 nitrogen and oxygen atoms in total. The molecule has 6 heteroatoms. The number of aromatic nitrogens is 3. The number of fused-ring (bicyclic) bond motifs is 3. The van der Waals surface area contributed by atoms with E-state index in [1.54, 1.807) is 0 Å². The SMILES string of the molecule is CC(C)Nc1nc2c(cc1C#N)sc1nnc(-c3ccccc3)c(-c3ccccc3)c12. The molecule has 0 amide bonds. The van der Waals surface area contributed by atoms with Crippen molar-refractivity contribution in [2.24, 2.45) is 0 Å². The van der Waals surface area contributed by atoms with Crippen LogP contribution in [0.2, 0.25) is 0 Å². The summed E-state index contributed by atoms with van der Waals surface area (Å²) < 4.78 is 0.928. The molecule has 5 rings (SSSR count). The molecule has 0 saturated heterocycles. The molecule has 2 aromatic carbocycles. The fourth-order valence-corrected chi connectivity index (χ4v) is 4.73. The lowest BCUT2D eigenvalue weighted by molar-refractivity contribution is 0.890. The Morgan fingerprint density at radius 1 is 0.935 bits per heavy atom. The number of benzene rings is 2. The predicted octanol–water partition coefficient (Wildman–Crippen LogP) is 6.27. The van der Waals surface area contributed by atoms with Gasteiger partial charge in [0.1, 0.15) is 22.4 Å². The first-order chi connectivity index (χ1) is 15.2. The van der Waals surface area contributed by atoms with Crippen LogP contribution in [0.15, 0.2) is 66.7 Å². The Kier molecular flexibility index (Phi) is 4.81. The lowest BCUT2D eigenvalue weighted by Crippen LogP contribution is -2.12. The maximum atomic E-state index is 9.64. The highest BCUT2D eigenvalue weighted by molar-refractivity contribution is 7.25. The van der Waals surface area contributed by atoms with Crippen LogP contribution in [0.4, 0.5) is 5.82 Å². The molecule has 3 aromatic heterocycles. The minimum absolute atomic E-state index is 0.162. The third kappa shape index (κ3) is 3.39. The smallest absolute Gasteiger partial charge is 0.149 e. The zero-order valence-electron chi connectivity index (χ0n) is 17.1. The van der Waals surface area contributed by atoms with E-state index in [-0.39, 0.29) is 6.04 Å². The van der Waals surface area contributed by atoms with Crippen LogP contribution in [-0.2, 0) is 0 Å². The minimum Gasteiger partial charge on any atom is -0.367 e. The lowest BCUT2D eigenvalue weighted by atomic mass is 9.97. The van der Waals surface area contributed by atoms with Crippen LogP contribution < -0.4 is 5.32 Å². The highest BCUT2D eigenvalue weighted by Gasteiger charge is 2.21. The second-order valence-electron chi connectivity index (χ2n) is 7.58. The van der Waals surface area contributed by atoms with Gasteiger partial charge < -0.3 is 5.32 Å². The summed E-state index contributed by atoms with van der Waals surface area (Å²) in [6.07, 6.45) is 0. The van der Waals surface area contributed by atoms with Crippen molar-refractivity contribution in [1.29, 1.82) is 5.26 Å². The first-order valence-corrected chi connectivity index (χ1v) is 10.9. The van der Waals surface area contributed by atoms with E-state index in [9.17, 15) is 5.26 Å². The van der Waals surface area contributed by atoms with Crippen molar-refractivity contribution in [2.75, 3.05) is 5.32 Å². The number of pyridine rings is 1. The van der Waals surface area contributed by atoms with E-state index >= 15 is 0 Å². The second kappa shape index (κ2) is 7.78. The zero-order chi connectivity index (χ0) is 21.4. The van der Waals surface area contributed by atoms with Crippen molar-refractivity contribution in [3.8, 4) is 28.5 Å². The standard InChI is InChI=1S/C25H19N5S/c1-15(2)27-24-18(14-26)13-19-23(28-24)21-20(16-9-5-3-6-10-16)22(29-30-25(21)31-19)17-11-7-4-8-12-17/h3-13,15H,1-2H3,(H,27,28). The molecule has 3 heterocycles. The second-order valence-corrected chi connectivity index (χ2v) is 8.61. The van der Waals surface area contributed by atoms with Gasteiger partial charge in [0.05, 0.1) is 15.8 Å². The molecule has 0 saturated carbocycles. The number of anilines is 1. The number of hydrogen-bond donors (Lipinski definition) is 1. The summed E-state index contributed by atoms with van der Waals surface area (Å²) >= 11 is 1.52. The van der Waals surface area contributed by atoms with Gasteiger partial charge in [-0.05, 0) is 25.5 Å². The van der Waals surface area contributed by atoms with Crippen molar-refractivity contribution in [1.82, 2.24) is 15.2 Å². The number of thiophene rings is 1. The van der Waals surface area contributed by atoms with E-state index in [0.29, 0.717) is 11.4 Å². The van der Waals surface area contributed by atoms with Crippen LogP contribution in [0, 0.1) is 11.3 Å². The molecular weight excluding hydrogens is 402 g/mol. The van der Waals surface area contributed by atoms with Gasteiger partial charge in [0.2, 0.25) is 0 Å². The van der Waals surface area contributed by atoms with Crippen molar-refractivity contribution in [3.63, 3.8) is 0 Å². The van der Waals surface area contributed by atoms with Gasteiger partial charge in [-0.15, -0.1) is 21.5 Å². The first kappa shape index (κ1) is 19.2. The molecule has 0 fully saturated rings. The molecule has 0 bridgehead atoms. The summed E-state index contributed by atoms with van der Waals surface area (Å²) in [5.41, 5.74) is 5.27. The van der Waals surface area contributed by atoms with Gasteiger partial charge in [-0.3, -0.25) is 0 Å². The highest BCUT2D eigenvalue weighted by Crippen LogP contribution is 2.42. The molecule has 150 valence electrons. The summed E-state index contributed by atoms with van der Waals surface area (Å²) in [6, 6.07) is 24.6. The summed E-state index contributed by atoms with van der Waals surface area (Å²) in [7, 11) is 0. The van der Waals surface area contributed by atoms with Crippen molar-refractivity contribution < 1.29 is 0 Å². The Hall–Kier alpha value is -3.82. The van der Waals surface area contributed by atoms with Crippen molar-refractivity contribution >= 4 is 37.6 Å². The number of hydrogen-bond acceptors (Lipinski definition) is 6. The van der Waals surface area contributed by atoms with Gasteiger partial charge in [-0.2, -0.15) is 5.26 Å². The summed E-state index contributed by atoms with van der Waals surface area (Å²) in [5.74, 6) is 0.599. The number of nitrogens with one attached hydrogen (secondary N) is 1. The quantitative estimate of drug-likeness (QED) is 0.370. The average Bonchev–Trinajstić information content (AvgIpc) is 3.16. The van der Waals surface area contributed by atoms with Gasteiger partial charge in [0.25, 0.3) is 0 Å². The normalized spacial score (nSPS) is 11.2. The number of nitrogens with zero attached hydrogens (tertiary/aromatic N) is 4. The van der Waals surface area contributed by atoms with Crippen LogP contribution in [-0.4, -0.2) is 21.2 Å². The lowest BCUT2D eigenvalue weighted by Gasteiger charge is -2.12. The molecule has 0 radical (unpaired) electrons. The average molecular weight is 422 g/mol. The van der Waals surface area contributed by atoms with Gasteiger partial charge in [0, 0.05) is 22.6 Å². The Morgan fingerprint density at radius 3 is 2.26 bits per heavy atom. The molecule has 0 aliphatic carbocycles. The van der Waals surface area contributed by atoms with Gasteiger partial charge >= 0.3 is 0 Å². The maximum Gasteiger partial charge on any atom is 0.149 e. The van der Waals surface area contributed by atoms with Crippen LogP contribution in [0.1, 0.15) is 19.4 Å². The Balaban J connectivity index is 1.91. The third-order valence-corrected chi connectivity index (χ3v) is 6.04. The van der Waals surface area contributed by atoms with Gasteiger partial charge in [-0.25, -0.2) is 4.98 Å². The molecule has 31 heavy (non-hydrogen) atoms. The van der Waals surface area contributed by atoms with Crippen LogP contribution in [0.25, 0.3) is 42.8 Å². The molecule has 0 aliphatic heterocycles. The fourth-order valence-electron chi connectivity index (χ4n) is 3.72. The highest BCUT2D eigenvalue weighted by atomic mass is 32.1. The van der Waals surface area contributed by atoms with E-state index in [0.717, 1.165) is 42.8 Å². The van der Waals surface area contributed by atoms with Gasteiger partial charge in [0.15, 0.2) is 0 Å². The molecule has 0 spiro atoms. The van der Waals surface area contributed by atoms with Crippen molar-refractivity contribution in [3.05, 3.63) is 72.3 Å². The predicted molar refractivity (Wildman–Crippen MR) is 127 cm³/mol. The molecule has 0 unspecified atom stereocenters. The monoisotopic (exact) mass is 421 g/mol. The maximum absolute atomic E-state index is 9.64. The zero-order valence-corrected chi connectivity index (χ0v) is 17.9. The van der Waals surface area contributed by atoms with Crippen molar-refractivity contribution in [2.45, 2.75) is 19.9 Å². The topological polar surface area (TPSA) is 74.5 Å². The van der Waals surface area contributed by atoms with Gasteiger partial charge in [-0.1, -0.05) is 60.7 Å². The van der Waals surface area contributed by atoms with Crippen LogP contribution in [0.5, 0.6) is 0 Å². The summed E-state index contributed by atoms with van der Waals surface area (Å²) in [5, 5.41) is 23.1. The van der Waals surface area contributed by atoms with E-state index < -0.39 is 0 Å². The van der Waals surface area contributed by atoms with E-state index in [1.807, 2.05) is 68.4 Å². The Bertz CT molecular complexity index is 1430. The Labute approximate surface area is 184 Å². The molecule has 0 atom stereocenters. The molecule has 5 aromatic rings. The fraction of sp³-hybridized carbons (Fsp3) is 0.120. The molecule has 1 N–H and O–H groups in total. The Morgan fingerprint density at radius 2 is 1.61 bits per heavy atom. The molecule has 0 aliphatic rings. The van der Waals surface area contributed by atoms with Crippen LogP contribution >= 0.6 is 11.3 Å².